The lowest BCUT2D eigenvalue weighted by Crippen LogP contribution is -2.12. The molecule has 0 spiro atoms. The number of carbonyl (C=O) groups is 1. The molecule has 0 unspecified atom stereocenters. The molecule has 0 aliphatic rings. The van der Waals surface area contributed by atoms with E-state index >= 15 is 0 Å². The average Bonchev–Trinajstić information content (AvgIpc) is 2.91. The zero-order valence-corrected chi connectivity index (χ0v) is 12.9. The van der Waals surface area contributed by atoms with Gasteiger partial charge in [0.25, 0.3) is 10.0 Å². The second-order valence-electron chi connectivity index (χ2n) is 4.25. The van der Waals surface area contributed by atoms with Crippen molar-refractivity contribution in [2.45, 2.75) is 11.1 Å². The molecule has 1 heterocycles. The first-order valence-electron chi connectivity index (χ1n) is 5.83. The van der Waals surface area contributed by atoms with Crippen LogP contribution in [0, 0.1) is 6.92 Å². The van der Waals surface area contributed by atoms with Crippen LogP contribution >= 0.6 is 11.3 Å². The van der Waals surface area contributed by atoms with Crippen molar-refractivity contribution < 1.29 is 23.1 Å². The largest absolute Gasteiger partial charge is 0.497 e. The summed E-state index contributed by atoms with van der Waals surface area (Å²) in [5, 5.41) is 10.1. The Kier molecular flexibility index (Phi) is 4.19. The molecule has 2 N–H and O–H groups in total. The lowest BCUT2D eigenvalue weighted by molar-refractivity contribution is 0.0697. The number of thiophene rings is 1. The normalized spacial score (nSPS) is 11.1. The predicted octanol–water partition coefficient (Wildman–Crippen LogP) is 2.56. The van der Waals surface area contributed by atoms with E-state index in [9.17, 15) is 13.2 Å². The van der Waals surface area contributed by atoms with Crippen LogP contribution in [0.2, 0.25) is 0 Å². The van der Waals surface area contributed by atoms with Gasteiger partial charge in [-0.1, -0.05) is 0 Å². The fraction of sp³-hybridized carbons (Fsp3) is 0.154. The van der Waals surface area contributed by atoms with Crippen LogP contribution in [0.5, 0.6) is 5.75 Å². The summed E-state index contributed by atoms with van der Waals surface area (Å²) in [6, 6.07) is 6.07. The molecule has 0 fully saturated rings. The van der Waals surface area contributed by atoms with Gasteiger partial charge in [0.2, 0.25) is 0 Å². The van der Waals surface area contributed by atoms with Crippen molar-refractivity contribution in [1.82, 2.24) is 0 Å². The third-order valence-corrected chi connectivity index (χ3v) is 5.57. The molecule has 0 amide bonds. The zero-order valence-electron chi connectivity index (χ0n) is 11.3. The van der Waals surface area contributed by atoms with Crippen molar-refractivity contribution in [3.05, 3.63) is 40.8 Å². The molecule has 0 aliphatic heterocycles. The van der Waals surface area contributed by atoms with E-state index in [1.165, 1.54) is 12.5 Å². The van der Waals surface area contributed by atoms with E-state index in [-0.39, 0.29) is 9.77 Å². The highest BCUT2D eigenvalue weighted by atomic mass is 32.2. The minimum absolute atomic E-state index is 0.0462. The number of anilines is 1. The Hall–Kier alpha value is -2.06. The number of hydrogen-bond donors (Lipinski definition) is 2. The Morgan fingerprint density at radius 3 is 2.57 bits per heavy atom. The summed E-state index contributed by atoms with van der Waals surface area (Å²) in [5.41, 5.74) is 1.07. The summed E-state index contributed by atoms with van der Waals surface area (Å²) >= 11 is 0.862. The molecule has 1 aromatic carbocycles. The fourth-order valence-electron chi connectivity index (χ4n) is 1.64. The lowest BCUT2D eigenvalue weighted by atomic mass is 10.2. The van der Waals surface area contributed by atoms with Gasteiger partial charge in [-0.25, -0.2) is 13.2 Å². The van der Waals surface area contributed by atoms with E-state index in [4.69, 9.17) is 9.84 Å². The monoisotopic (exact) mass is 327 g/mol. The number of carboxylic acid groups (broad SMARTS) is 1. The van der Waals surface area contributed by atoms with Gasteiger partial charge in [-0.2, -0.15) is 0 Å². The molecule has 1 aromatic heterocycles. The third kappa shape index (κ3) is 3.34. The second-order valence-corrected chi connectivity index (χ2v) is 7.07. The molecule has 0 radical (unpaired) electrons. The Balaban J connectivity index is 2.30. The number of sulfonamides is 1. The first-order chi connectivity index (χ1) is 9.83. The summed E-state index contributed by atoms with van der Waals surface area (Å²) in [4.78, 5) is 10.8. The Bertz CT molecular complexity index is 780. The Morgan fingerprint density at radius 1 is 1.33 bits per heavy atom. The quantitative estimate of drug-likeness (QED) is 0.880. The Morgan fingerprint density at radius 2 is 2.05 bits per heavy atom. The van der Waals surface area contributed by atoms with E-state index in [2.05, 4.69) is 4.72 Å². The van der Waals surface area contributed by atoms with Crippen LogP contribution in [0.3, 0.4) is 0 Å². The van der Waals surface area contributed by atoms with Crippen LogP contribution in [-0.4, -0.2) is 26.6 Å². The highest BCUT2D eigenvalue weighted by molar-refractivity contribution is 7.94. The highest BCUT2D eigenvalue weighted by Gasteiger charge is 2.19. The van der Waals surface area contributed by atoms with Gasteiger partial charge < -0.3 is 9.84 Å². The fourth-order valence-corrected chi connectivity index (χ4v) is 3.93. The average molecular weight is 327 g/mol. The summed E-state index contributed by atoms with van der Waals surface area (Å²) in [6.45, 7) is 1.75. The zero-order chi connectivity index (χ0) is 15.6. The highest BCUT2D eigenvalue weighted by Crippen LogP contribution is 2.26. The van der Waals surface area contributed by atoms with Crippen molar-refractivity contribution in [3.8, 4) is 5.75 Å². The first-order valence-corrected chi connectivity index (χ1v) is 8.19. The molecule has 0 atom stereocenters. The SMILES string of the molecule is COc1ccc(NS(=O)(=O)c2cc(C(=O)O)cs2)c(C)c1. The van der Waals surface area contributed by atoms with Gasteiger partial charge in [0.1, 0.15) is 9.96 Å². The molecule has 112 valence electrons. The summed E-state index contributed by atoms with van der Waals surface area (Å²) in [5.74, 6) is -0.534. The van der Waals surface area contributed by atoms with Crippen molar-refractivity contribution >= 4 is 33.0 Å². The molecule has 6 nitrogen and oxygen atoms in total. The van der Waals surface area contributed by atoms with Gasteiger partial charge >= 0.3 is 5.97 Å². The Labute approximate surface area is 126 Å². The molecular weight excluding hydrogens is 314 g/mol. The van der Waals surface area contributed by atoms with Crippen molar-refractivity contribution in [2.75, 3.05) is 11.8 Å². The molecular formula is C13H13NO5S2. The van der Waals surface area contributed by atoms with Crippen LogP contribution < -0.4 is 9.46 Å². The molecule has 0 bridgehead atoms. The van der Waals surface area contributed by atoms with E-state index in [1.807, 2.05) is 0 Å². The minimum atomic E-state index is -3.80. The predicted molar refractivity (Wildman–Crippen MR) is 79.8 cm³/mol. The van der Waals surface area contributed by atoms with Crippen LogP contribution in [-0.2, 0) is 10.0 Å². The number of hydrogen-bond acceptors (Lipinski definition) is 5. The standard InChI is InChI=1S/C13H13NO5S2/c1-8-5-10(19-2)3-4-11(8)14-21(17,18)12-6-9(7-20-12)13(15)16/h3-7,14H,1-2H3,(H,15,16). The molecule has 0 saturated heterocycles. The van der Waals surface area contributed by atoms with E-state index < -0.39 is 16.0 Å². The second kappa shape index (κ2) is 5.74. The maximum Gasteiger partial charge on any atom is 0.336 e. The maximum atomic E-state index is 12.2. The molecule has 2 aromatic rings. The number of benzene rings is 1. The van der Waals surface area contributed by atoms with E-state index in [0.29, 0.717) is 17.0 Å². The van der Waals surface area contributed by atoms with Crippen LogP contribution in [0.1, 0.15) is 15.9 Å². The lowest BCUT2D eigenvalue weighted by Gasteiger charge is -2.10. The van der Waals surface area contributed by atoms with Gasteiger partial charge in [-0.15, -0.1) is 11.3 Å². The van der Waals surface area contributed by atoms with Crippen LogP contribution in [0.25, 0.3) is 0 Å². The molecule has 21 heavy (non-hydrogen) atoms. The number of rotatable bonds is 5. The van der Waals surface area contributed by atoms with Crippen molar-refractivity contribution in [2.24, 2.45) is 0 Å². The molecule has 0 saturated carbocycles. The summed E-state index contributed by atoms with van der Waals surface area (Å²) < 4.78 is 31.9. The van der Waals surface area contributed by atoms with Gasteiger partial charge in [0.15, 0.2) is 0 Å². The number of ether oxygens (including phenoxy) is 1. The molecule has 0 aliphatic carbocycles. The third-order valence-electron chi connectivity index (χ3n) is 2.77. The summed E-state index contributed by atoms with van der Waals surface area (Å²) in [6.07, 6.45) is 0. The van der Waals surface area contributed by atoms with Crippen molar-refractivity contribution in [3.63, 3.8) is 0 Å². The number of methoxy groups -OCH3 is 1. The van der Waals surface area contributed by atoms with Gasteiger partial charge in [-0.05, 0) is 36.8 Å². The van der Waals surface area contributed by atoms with Gasteiger partial charge in [0, 0.05) is 5.38 Å². The van der Waals surface area contributed by atoms with Gasteiger partial charge in [-0.3, -0.25) is 4.72 Å². The number of carboxylic acids is 1. The maximum absolute atomic E-state index is 12.2. The summed E-state index contributed by atoms with van der Waals surface area (Å²) in [7, 11) is -2.28. The first kappa shape index (κ1) is 15.3. The van der Waals surface area contributed by atoms with E-state index in [1.54, 1.807) is 25.1 Å². The molecule has 8 heteroatoms. The number of nitrogens with one attached hydrogen (secondary N) is 1. The van der Waals surface area contributed by atoms with Gasteiger partial charge in [0.05, 0.1) is 18.4 Å². The number of aromatic carboxylic acids is 1. The van der Waals surface area contributed by atoms with Crippen LogP contribution in [0.15, 0.2) is 33.9 Å². The minimum Gasteiger partial charge on any atom is -0.497 e. The molecule has 2 rings (SSSR count). The van der Waals surface area contributed by atoms with Crippen molar-refractivity contribution in [1.29, 1.82) is 0 Å². The smallest absolute Gasteiger partial charge is 0.336 e. The van der Waals surface area contributed by atoms with E-state index in [0.717, 1.165) is 17.4 Å². The topological polar surface area (TPSA) is 92.7 Å². The number of aryl methyl sites for hydroxylation is 1. The van der Waals surface area contributed by atoms with Crippen LogP contribution in [0.4, 0.5) is 5.69 Å².